The van der Waals surface area contributed by atoms with Gasteiger partial charge in [-0.1, -0.05) is 44.0 Å². The fourth-order valence-electron chi connectivity index (χ4n) is 1.32. The smallest absolute Gasteiger partial charge is 0.262 e. The van der Waals surface area contributed by atoms with Gasteiger partial charge < -0.3 is 5.32 Å². The third-order valence-electron chi connectivity index (χ3n) is 2.30. The second kappa shape index (κ2) is 6.10. The Morgan fingerprint density at radius 1 is 1.25 bits per heavy atom. The minimum absolute atomic E-state index is 0.0469. The number of carbonyl (C=O) groups excluding carboxylic acids is 1. The molecule has 0 spiro atoms. The maximum Gasteiger partial charge on any atom is 0.262 e. The van der Waals surface area contributed by atoms with Crippen molar-refractivity contribution in [1.29, 1.82) is 0 Å². The maximum atomic E-state index is 12.0. The number of amides is 1. The zero-order valence-electron chi connectivity index (χ0n) is 11.1. The van der Waals surface area contributed by atoms with E-state index in [0.29, 0.717) is 6.54 Å². The summed E-state index contributed by atoms with van der Waals surface area (Å²) < 4.78 is 22.8. The number of carbonyl (C=O) groups is 1. The fraction of sp³-hybridized carbons (Fsp3) is 0.417. The van der Waals surface area contributed by atoms with Gasteiger partial charge in [0, 0.05) is 22.8 Å². The molecule has 0 bridgehead atoms. The molecule has 0 atom stereocenters. The van der Waals surface area contributed by atoms with E-state index in [9.17, 15) is 13.2 Å². The van der Waals surface area contributed by atoms with Crippen LogP contribution >= 0.6 is 33.9 Å². The van der Waals surface area contributed by atoms with E-state index < -0.39 is 15.0 Å². The van der Waals surface area contributed by atoms with Crippen molar-refractivity contribution >= 4 is 48.8 Å². The van der Waals surface area contributed by atoms with Crippen LogP contribution in [-0.4, -0.2) is 20.9 Å². The van der Waals surface area contributed by atoms with Crippen molar-refractivity contribution in [2.45, 2.75) is 25.7 Å². The molecule has 112 valence electrons. The normalized spacial score (nSPS) is 12.3. The molecule has 1 rings (SSSR count). The van der Waals surface area contributed by atoms with E-state index in [1.54, 1.807) is 0 Å². The second-order valence-electron chi connectivity index (χ2n) is 5.45. The highest BCUT2D eigenvalue weighted by atomic mass is 35.7. The largest absolute Gasteiger partial charge is 0.352 e. The first-order valence-corrected chi connectivity index (χ1v) is 8.70. The summed E-state index contributed by atoms with van der Waals surface area (Å²) in [4.78, 5) is 11.6. The van der Waals surface area contributed by atoms with E-state index in [-0.39, 0.29) is 25.9 Å². The standard InChI is InChI=1S/C12H14Cl3NO3S/c1-12(2,3)6-16-11(17)7-4-8(13)10(14)9(5-7)20(15,18)19/h4-5H,6H2,1-3H3,(H,16,17). The summed E-state index contributed by atoms with van der Waals surface area (Å²) in [5, 5.41) is 2.44. The molecule has 0 aliphatic rings. The molecule has 0 aromatic heterocycles. The van der Waals surface area contributed by atoms with E-state index in [2.05, 4.69) is 5.32 Å². The minimum Gasteiger partial charge on any atom is -0.352 e. The van der Waals surface area contributed by atoms with E-state index in [0.717, 1.165) is 6.07 Å². The lowest BCUT2D eigenvalue weighted by Gasteiger charge is -2.19. The van der Waals surface area contributed by atoms with Crippen molar-refractivity contribution in [3.05, 3.63) is 27.7 Å². The van der Waals surface area contributed by atoms with E-state index in [1.165, 1.54) is 6.07 Å². The Morgan fingerprint density at radius 2 is 1.80 bits per heavy atom. The third-order valence-corrected chi connectivity index (χ3v) is 4.56. The van der Waals surface area contributed by atoms with Gasteiger partial charge >= 0.3 is 0 Å². The number of benzene rings is 1. The Labute approximate surface area is 132 Å². The van der Waals surface area contributed by atoms with Crippen LogP contribution in [0.25, 0.3) is 0 Å². The molecule has 0 aliphatic carbocycles. The van der Waals surface area contributed by atoms with Gasteiger partial charge in [-0.15, -0.1) is 0 Å². The minimum atomic E-state index is -4.08. The van der Waals surface area contributed by atoms with Crippen LogP contribution in [0, 0.1) is 5.41 Å². The molecule has 1 aromatic carbocycles. The fourth-order valence-corrected chi connectivity index (χ4v) is 3.08. The monoisotopic (exact) mass is 357 g/mol. The lowest BCUT2D eigenvalue weighted by Crippen LogP contribution is -2.32. The molecule has 0 saturated heterocycles. The molecule has 0 heterocycles. The Kier molecular flexibility index (Phi) is 5.35. The zero-order valence-corrected chi connectivity index (χ0v) is 14.2. The molecule has 0 aliphatic heterocycles. The van der Waals surface area contributed by atoms with Crippen molar-refractivity contribution in [2.24, 2.45) is 5.41 Å². The first kappa shape index (κ1) is 17.6. The van der Waals surface area contributed by atoms with Gasteiger partial charge in [-0.25, -0.2) is 8.42 Å². The molecule has 0 radical (unpaired) electrons. The summed E-state index contributed by atoms with van der Waals surface area (Å²) in [6, 6.07) is 2.40. The van der Waals surface area contributed by atoms with Crippen LogP contribution in [0.5, 0.6) is 0 Å². The van der Waals surface area contributed by atoms with Crippen molar-refractivity contribution in [1.82, 2.24) is 5.32 Å². The highest BCUT2D eigenvalue weighted by molar-refractivity contribution is 8.13. The molecular formula is C12H14Cl3NO3S. The maximum absolute atomic E-state index is 12.0. The predicted octanol–water partition coefficient (Wildman–Crippen LogP) is 3.70. The van der Waals surface area contributed by atoms with Crippen LogP contribution < -0.4 is 5.32 Å². The van der Waals surface area contributed by atoms with E-state index in [4.69, 9.17) is 33.9 Å². The van der Waals surface area contributed by atoms with Crippen LogP contribution in [0.4, 0.5) is 0 Å². The predicted molar refractivity (Wildman–Crippen MR) is 81.3 cm³/mol. The van der Waals surface area contributed by atoms with Crippen LogP contribution in [0.3, 0.4) is 0 Å². The number of rotatable bonds is 3. The molecule has 0 saturated carbocycles. The average Bonchev–Trinajstić information content (AvgIpc) is 2.26. The van der Waals surface area contributed by atoms with Gasteiger partial charge in [0.1, 0.15) is 4.90 Å². The second-order valence-corrected chi connectivity index (χ2v) is 8.77. The highest BCUT2D eigenvalue weighted by Gasteiger charge is 2.21. The van der Waals surface area contributed by atoms with Crippen LogP contribution in [-0.2, 0) is 9.05 Å². The van der Waals surface area contributed by atoms with Gasteiger partial charge in [0.2, 0.25) is 0 Å². The molecule has 0 fully saturated rings. The molecule has 8 heteroatoms. The van der Waals surface area contributed by atoms with E-state index >= 15 is 0 Å². The Balaban J connectivity index is 3.15. The first-order chi connectivity index (χ1) is 8.92. The highest BCUT2D eigenvalue weighted by Crippen LogP contribution is 2.32. The summed E-state index contributed by atoms with van der Waals surface area (Å²) in [5.74, 6) is -0.444. The number of halogens is 3. The lowest BCUT2D eigenvalue weighted by atomic mass is 9.97. The van der Waals surface area contributed by atoms with Gasteiger partial charge in [0.05, 0.1) is 10.0 Å². The Hall–Kier alpha value is -0.490. The summed E-state index contributed by atoms with van der Waals surface area (Å²) in [5.41, 5.74) is -0.0179. The van der Waals surface area contributed by atoms with Crippen LogP contribution in [0.1, 0.15) is 31.1 Å². The summed E-state index contributed by atoms with van der Waals surface area (Å²) in [6.07, 6.45) is 0. The van der Waals surface area contributed by atoms with Crippen molar-refractivity contribution < 1.29 is 13.2 Å². The van der Waals surface area contributed by atoms with Crippen molar-refractivity contribution in [2.75, 3.05) is 6.54 Å². The number of hydrogen-bond donors (Lipinski definition) is 1. The van der Waals surface area contributed by atoms with Gasteiger partial charge in [-0.05, 0) is 17.5 Å². The van der Waals surface area contributed by atoms with Crippen molar-refractivity contribution in [3.63, 3.8) is 0 Å². The van der Waals surface area contributed by atoms with Crippen LogP contribution in [0.15, 0.2) is 17.0 Å². The van der Waals surface area contributed by atoms with Gasteiger partial charge in [-0.2, -0.15) is 0 Å². The van der Waals surface area contributed by atoms with E-state index in [1.807, 2.05) is 20.8 Å². The Morgan fingerprint density at radius 3 is 2.25 bits per heavy atom. The molecule has 0 unspecified atom stereocenters. The summed E-state index contributed by atoms with van der Waals surface area (Å²) in [6.45, 7) is 6.29. The SMILES string of the molecule is CC(C)(C)CNC(=O)c1cc(Cl)c(Cl)c(S(=O)(=O)Cl)c1. The molecule has 1 amide bonds. The van der Waals surface area contributed by atoms with Crippen molar-refractivity contribution in [3.8, 4) is 0 Å². The third kappa shape index (κ3) is 4.81. The molecule has 20 heavy (non-hydrogen) atoms. The molecule has 4 nitrogen and oxygen atoms in total. The lowest BCUT2D eigenvalue weighted by molar-refractivity contribution is 0.0939. The van der Waals surface area contributed by atoms with Crippen LogP contribution in [0.2, 0.25) is 10.0 Å². The quantitative estimate of drug-likeness (QED) is 0.838. The molecular weight excluding hydrogens is 345 g/mol. The average molecular weight is 359 g/mol. The first-order valence-electron chi connectivity index (χ1n) is 5.64. The Bertz CT molecular complexity index is 636. The number of nitrogens with one attached hydrogen (secondary N) is 1. The number of hydrogen-bond acceptors (Lipinski definition) is 3. The van der Waals surface area contributed by atoms with Gasteiger partial charge in [0.25, 0.3) is 15.0 Å². The van der Waals surface area contributed by atoms with Gasteiger partial charge in [0.15, 0.2) is 0 Å². The zero-order chi connectivity index (χ0) is 15.7. The summed E-state index contributed by atoms with van der Waals surface area (Å²) >= 11 is 11.6. The molecule has 1 N–H and O–H groups in total. The topological polar surface area (TPSA) is 63.2 Å². The molecule has 1 aromatic rings. The summed E-state index contributed by atoms with van der Waals surface area (Å²) in [7, 11) is 1.18. The van der Waals surface area contributed by atoms with Gasteiger partial charge in [-0.3, -0.25) is 4.79 Å².